The minimum atomic E-state index is -0.0818. The van der Waals surface area contributed by atoms with Crippen molar-refractivity contribution in [3.8, 4) is 0 Å². The molecule has 4 aliphatic rings. The van der Waals surface area contributed by atoms with Gasteiger partial charge in [-0.05, 0) is 116 Å². The van der Waals surface area contributed by atoms with E-state index in [0.29, 0.717) is 10.8 Å². The SMILES string of the molecule is CC(C)[C@H](C)[C@H](C)C[C@@H](C)[C@H]1CC[C@@H]2[C@H]3CC=C4C[C@@H](O)CC[C@]4(C)[C@@H]3CC[C@@]21C. The Morgan fingerprint density at radius 1 is 0.967 bits per heavy atom. The lowest BCUT2D eigenvalue weighted by molar-refractivity contribution is -0.0584. The van der Waals surface area contributed by atoms with Crippen molar-refractivity contribution in [1.29, 1.82) is 0 Å². The van der Waals surface area contributed by atoms with Crippen molar-refractivity contribution in [2.24, 2.45) is 58.2 Å². The lowest BCUT2D eigenvalue weighted by Gasteiger charge is -2.58. The van der Waals surface area contributed by atoms with Crippen LogP contribution in [-0.2, 0) is 0 Å². The molecule has 0 radical (unpaired) electrons. The molecule has 3 saturated carbocycles. The summed E-state index contributed by atoms with van der Waals surface area (Å²) in [7, 11) is 0. The third-order valence-corrected chi connectivity index (χ3v) is 11.5. The average Bonchev–Trinajstić information content (AvgIpc) is 3.05. The van der Waals surface area contributed by atoms with Crippen molar-refractivity contribution in [2.45, 2.75) is 112 Å². The summed E-state index contributed by atoms with van der Waals surface area (Å²) in [5.74, 6) is 6.97. The van der Waals surface area contributed by atoms with Crippen LogP contribution in [0.4, 0.5) is 0 Å². The summed E-state index contributed by atoms with van der Waals surface area (Å²) in [6, 6.07) is 0. The Bertz CT molecular complexity index is 649. The number of aliphatic hydroxyl groups excluding tert-OH is 1. The van der Waals surface area contributed by atoms with Crippen LogP contribution >= 0.6 is 0 Å². The minimum absolute atomic E-state index is 0.0818. The molecule has 0 saturated heterocycles. The van der Waals surface area contributed by atoms with Gasteiger partial charge < -0.3 is 5.11 Å². The Labute approximate surface area is 187 Å². The van der Waals surface area contributed by atoms with Gasteiger partial charge in [-0.15, -0.1) is 0 Å². The van der Waals surface area contributed by atoms with E-state index < -0.39 is 0 Å². The highest BCUT2D eigenvalue weighted by Crippen LogP contribution is 2.67. The van der Waals surface area contributed by atoms with E-state index in [1.807, 2.05) is 0 Å². The molecule has 0 aromatic rings. The van der Waals surface area contributed by atoms with Gasteiger partial charge in [0.25, 0.3) is 0 Å². The van der Waals surface area contributed by atoms with E-state index in [1.165, 1.54) is 44.9 Å². The topological polar surface area (TPSA) is 20.2 Å². The van der Waals surface area contributed by atoms with Gasteiger partial charge in [0.05, 0.1) is 6.10 Å². The maximum Gasteiger partial charge on any atom is 0.0577 e. The number of aliphatic hydroxyl groups is 1. The summed E-state index contributed by atoms with van der Waals surface area (Å²) in [5.41, 5.74) is 2.57. The zero-order valence-corrected chi connectivity index (χ0v) is 21.1. The third kappa shape index (κ3) is 3.64. The highest BCUT2D eigenvalue weighted by atomic mass is 16.3. The molecule has 30 heavy (non-hydrogen) atoms. The first kappa shape index (κ1) is 22.9. The number of allylic oxidation sites excluding steroid dienone is 1. The fourth-order valence-corrected chi connectivity index (χ4v) is 9.24. The van der Waals surface area contributed by atoms with Crippen LogP contribution in [0.2, 0.25) is 0 Å². The Balaban J connectivity index is 1.50. The highest BCUT2D eigenvalue weighted by molar-refractivity contribution is 5.25. The largest absolute Gasteiger partial charge is 0.393 e. The summed E-state index contributed by atoms with van der Waals surface area (Å²) in [5, 5.41) is 10.2. The molecule has 172 valence electrons. The summed E-state index contributed by atoms with van der Waals surface area (Å²) in [6.07, 6.45) is 14.2. The summed E-state index contributed by atoms with van der Waals surface area (Å²) < 4.78 is 0. The van der Waals surface area contributed by atoms with E-state index in [1.54, 1.807) is 5.57 Å². The van der Waals surface area contributed by atoms with Gasteiger partial charge in [0, 0.05) is 0 Å². The predicted octanol–water partition coefficient (Wildman–Crippen LogP) is 7.88. The van der Waals surface area contributed by atoms with E-state index in [0.717, 1.165) is 60.2 Å². The zero-order chi connectivity index (χ0) is 21.8. The number of fused-ring (bicyclic) bond motifs is 5. The van der Waals surface area contributed by atoms with Crippen LogP contribution in [0, 0.1) is 58.2 Å². The second-order valence-corrected chi connectivity index (χ2v) is 13.2. The highest BCUT2D eigenvalue weighted by Gasteiger charge is 2.59. The zero-order valence-electron chi connectivity index (χ0n) is 21.1. The van der Waals surface area contributed by atoms with Crippen LogP contribution in [0.25, 0.3) is 0 Å². The molecule has 3 fully saturated rings. The van der Waals surface area contributed by atoms with Crippen molar-refractivity contribution in [2.75, 3.05) is 0 Å². The van der Waals surface area contributed by atoms with Gasteiger partial charge in [-0.25, -0.2) is 0 Å². The first-order valence-electron chi connectivity index (χ1n) is 13.5. The van der Waals surface area contributed by atoms with E-state index in [9.17, 15) is 5.11 Å². The van der Waals surface area contributed by atoms with Crippen LogP contribution in [0.5, 0.6) is 0 Å². The minimum Gasteiger partial charge on any atom is -0.393 e. The molecule has 0 aromatic heterocycles. The van der Waals surface area contributed by atoms with E-state index in [4.69, 9.17) is 0 Å². The van der Waals surface area contributed by atoms with Crippen LogP contribution in [0.15, 0.2) is 11.6 Å². The second kappa shape index (κ2) is 8.24. The molecular formula is C29H50O. The third-order valence-electron chi connectivity index (χ3n) is 11.5. The Morgan fingerprint density at radius 2 is 1.70 bits per heavy atom. The standard InChI is InChI=1S/C29H50O/c1-18(2)21(5)19(3)16-20(4)25-10-11-26-24-9-8-22-17-23(30)12-14-28(22,6)27(24)13-15-29(25,26)7/h8,18-21,23-27,30H,9-17H2,1-7H3/t19-,20-,21+,23+,24-,25-,26-,27-,28+,29-/m1/s1. The van der Waals surface area contributed by atoms with E-state index >= 15 is 0 Å². The van der Waals surface area contributed by atoms with Gasteiger partial charge in [0.2, 0.25) is 0 Å². The van der Waals surface area contributed by atoms with Crippen molar-refractivity contribution >= 4 is 0 Å². The maximum atomic E-state index is 10.2. The molecule has 10 atom stereocenters. The molecular weight excluding hydrogens is 364 g/mol. The van der Waals surface area contributed by atoms with Crippen LogP contribution in [-0.4, -0.2) is 11.2 Å². The molecule has 0 aliphatic heterocycles. The van der Waals surface area contributed by atoms with Crippen molar-refractivity contribution in [3.63, 3.8) is 0 Å². The van der Waals surface area contributed by atoms with Gasteiger partial charge in [-0.1, -0.05) is 60.1 Å². The monoisotopic (exact) mass is 414 g/mol. The van der Waals surface area contributed by atoms with Gasteiger partial charge in [-0.3, -0.25) is 0 Å². The fourth-order valence-electron chi connectivity index (χ4n) is 9.24. The van der Waals surface area contributed by atoms with Gasteiger partial charge in [0.15, 0.2) is 0 Å². The first-order valence-corrected chi connectivity index (χ1v) is 13.5. The smallest absolute Gasteiger partial charge is 0.0577 e. The van der Waals surface area contributed by atoms with Crippen LogP contribution in [0.3, 0.4) is 0 Å². The molecule has 0 bridgehead atoms. The first-order chi connectivity index (χ1) is 14.1. The van der Waals surface area contributed by atoms with Crippen molar-refractivity contribution in [3.05, 3.63) is 11.6 Å². The lowest BCUT2D eigenvalue weighted by Crippen LogP contribution is -2.50. The van der Waals surface area contributed by atoms with Gasteiger partial charge >= 0.3 is 0 Å². The van der Waals surface area contributed by atoms with E-state index in [-0.39, 0.29) is 6.10 Å². The Morgan fingerprint density at radius 3 is 2.40 bits per heavy atom. The molecule has 1 N–H and O–H groups in total. The molecule has 0 spiro atoms. The van der Waals surface area contributed by atoms with Crippen LogP contribution in [0.1, 0.15) is 106 Å². The number of rotatable bonds is 5. The second-order valence-electron chi connectivity index (χ2n) is 13.2. The number of hydrogen-bond donors (Lipinski definition) is 1. The molecule has 0 heterocycles. The van der Waals surface area contributed by atoms with Crippen molar-refractivity contribution in [1.82, 2.24) is 0 Å². The normalized spacial score (nSPS) is 46.4. The Kier molecular flexibility index (Phi) is 6.28. The van der Waals surface area contributed by atoms with Crippen LogP contribution < -0.4 is 0 Å². The fraction of sp³-hybridized carbons (Fsp3) is 0.931. The van der Waals surface area contributed by atoms with Crippen molar-refractivity contribution < 1.29 is 5.11 Å². The summed E-state index contributed by atoms with van der Waals surface area (Å²) in [4.78, 5) is 0. The van der Waals surface area contributed by atoms with Gasteiger partial charge in [-0.2, -0.15) is 0 Å². The maximum absolute atomic E-state index is 10.2. The molecule has 1 heteroatoms. The van der Waals surface area contributed by atoms with Gasteiger partial charge in [0.1, 0.15) is 0 Å². The lowest BCUT2D eigenvalue weighted by atomic mass is 9.47. The quantitative estimate of drug-likeness (QED) is 0.454. The molecule has 0 unspecified atom stereocenters. The molecule has 4 rings (SSSR count). The van der Waals surface area contributed by atoms with E-state index in [2.05, 4.69) is 54.5 Å². The summed E-state index contributed by atoms with van der Waals surface area (Å²) >= 11 is 0. The molecule has 0 aromatic carbocycles. The average molecular weight is 415 g/mol. The molecule has 4 aliphatic carbocycles. The summed E-state index contributed by atoms with van der Waals surface area (Å²) in [6.45, 7) is 17.6. The molecule has 0 amide bonds. The molecule has 1 nitrogen and oxygen atoms in total. The number of hydrogen-bond acceptors (Lipinski definition) is 1. The Hall–Kier alpha value is -0.300. The predicted molar refractivity (Wildman–Crippen MR) is 128 cm³/mol.